The largest absolute Gasteiger partial charge is 0.304 e. The van der Waals surface area contributed by atoms with Crippen molar-refractivity contribution in [2.45, 2.75) is 32.9 Å². The molecular weight excluding hydrogens is 244 g/mol. The smallest absolute Gasteiger partial charge is 0.0991 e. The molecule has 0 aliphatic heterocycles. The van der Waals surface area contributed by atoms with Crippen molar-refractivity contribution in [3.8, 4) is 6.07 Å². The van der Waals surface area contributed by atoms with Gasteiger partial charge in [-0.3, -0.25) is 0 Å². The lowest BCUT2D eigenvalue weighted by molar-refractivity contribution is 0.494. The first-order valence-corrected chi connectivity index (χ1v) is 6.93. The van der Waals surface area contributed by atoms with Crippen LogP contribution in [0.1, 0.15) is 48.2 Å². The Bertz CT molecular complexity index is 591. The number of hydrogen-bond acceptors (Lipinski definition) is 2. The number of nitrogens with one attached hydrogen (secondary N) is 1. The van der Waals surface area contributed by atoms with E-state index in [2.05, 4.69) is 56.4 Å². The third-order valence-corrected chi connectivity index (χ3v) is 3.62. The van der Waals surface area contributed by atoms with Gasteiger partial charge in [-0.2, -0.15) is 5.26 Å². The molecule has 2 nitrogen and oxygen atoms in total. The number of rotatable bonds is 4. The fourth-order valence-corrected chi connectivity index (χ4v) is 2.27. The van der Waals surface area contributed by atoms with E-state index >= 15 is 0 Å². The lowest BCUT2D eigenvalue weighted by Gasteiger charge is -2.21. The minimum absolute atomic E-state index is 0.249. The number of nitrogens with zero attached hydrogens (tertiary/aromatic N) is 1. The van der Waals surface area contributed by atoms with Gasteiger partial charge < -0.3 is 5.32 Å². The number of benzene rings is 2. The minimum atomic E-state index is 0.249. The van der Waals surface area contributed by atoms with Gasteiger partial charge >= 0.3 is 0 Å². The molecule has 2 aromatic rings. The normalized spacial score (nSPS) is 13.5. The van der Waals surface area contributed by atoms with Crippen molar-refractivity contribution >= 4 is 0 Å². The van der Waals surface area contributed by atoms with Crippen LogP contribution >= 0.6 is 0 Å². The molecule has 0 heterocycles. The zero-order valence-electron chi connectivity index (χ0n) is 12.2. The molecule has 2 rings (SSSR count). The molecule has 102 valence electrons. The van der Waals surface area contributed by atoms with Crippen molar-refractivity contribution in [2.75, 3.05) is 0 Å². The van der Waals surface area contributed by atoms with Crippen LogP contribution in [0, 0.1) is 18.3 Å². The minimum Gasteiger partial charge on any atom is -0.304 e. The maximum absolute atomic E-state index is 8.82. The summed E-state index contributed by atoms with van der Waals surface area (Å²) in [6, 6.07) is 19.0. The van der Waals surface area contributed by atoms with Crippen molar-refractivity contribution in [1.29, 1.82) is 5.26 Å². The van der Waals surface area contributed by atoms with Gasteiger partial charge in [0.25, 0.3) is 0 Å². The van der Waals surface area contributed by atoms with Gasteiger partial charge in [0.1, 0.15) is 0 Å². The molecule has 20 heavy (non-hydrogen) atoms. The Morgan fingerprint density at radius 2 is 1.30 bits per heavy atom. The molecular formula is C18H20N2. The zero-order chi connectivity index (χ0) is 14.5. The molecule has 0 spiro atoms. The topological polar surface area (TPSA) is 35.8 Å². The highest BCUT2D eigenvalue weighted by Gasteiger charge is 2.10. The third-order valence-electron chi connectivity index (χ3n) is 3.62. The summed E-state index contributed by atoms with van der Waals surface area (Å²) in [5, 5.41) is 12.4. The SMILES string of the molecule is Cc1ccc(C(C)NC(C)c2ccc(C#N)cc2)cc1. The molecule has 0 aliphatic carbocycles. The van der Waals surface area contributed by atoms with Crippen molar-refractivity contribution in [1.82, 2.24) is 5.32 Å². The Kier molecular flexibility index (Phi) is 4.55. The average molecular weight is 264 g/mol. The summed E-state index contributed by atoms with van der Waals surface area (Å²) in [6.45, 7) is 6.41. The fourth-order valence-electron chi connectivity index (χ4n) is 2.27. The van der Waals surface area contributed by atoms with Crippen molar-refractivity contribution in [3.05, 3.63) is 70.8 Å². The van der Waals surface area contributed by atoms with E-state index in [1.54, 1.807) is 0 Å². The molecule has 2 aromatic carbocycles. The van der Waals surface area contributed by atoms with Crippen molar-refractivity contribution in [3.63, 3.8) is 0 Å². The fraction of sp³-hybridized carbons (Fsp3) is 0.278. The predicted molar refractivity (Wildman–Crippen MR) is 82.3 cm³/mol. The molecule has 0 saturated heterocycles. The summed E-state index contributed by atoms with van der Waals surface area (Å²) in [5.74, 6) is 0. The van der Waals surface area contributed by atoms with Crippen LogP contribution in [0.2, 0.25) is 0 Å². The quantitative estimate of drug-likeness (QED) is 0.894. The van der Waals surface area contributed by atoms with Crippen LogP contribution in [0.3, 0.4) is 0 Å². The van der Waals surface area contributed by atoms with E-state index < -0.39 is 0 Å². The van der Waals surface area contributed by atoms with Crippen LogP contribution < -0.4 is 5.32 Å². The highest BCUT2D eigenvalue weighted by Crippen LogP contribution is 2.20. The predicted octanol–water partition coefficient (Wildman–Crippen LogP) is 4.28. The summed E-state index contributed by atoms with van der Waals surface area (Å²) in [5.41, 5.74) is 4.47. The second-order valence-electron chi connectivity index (χ2n) is 5.25. The van der Waals surface area contributed by atoms with E-state index in [1.165, 1.54) is 16.7 Å². The maximum atomic E-state index is 8.82. The van der Waals surface area contributed by atoms with Crippen molar-refractivity contribution in [2.24, 2.45) is 0 Å². The van der Waals surface area contributed by atoms with Crippen molar-refractivity contribution < 1.29 is 0 Å². The summed E-state index contributed by atoms with van der Waals surface area (Å²) in [4.78, 5) is 0. The van der Waals surface area contributed by atoms with Gasteiger partial charge in [0.2, 0.25) is 0 Å². The van der Waals surface area contributed by atoms with E-state index in [9.17, 15) is 0 Å². The second-order valence-corrected chi connectivity index (χ2v) is 5.25. The second kappa shape index (κ2) is 6.36. The Hall–Kier alpha value is -2.11. The van der Waals surface area contributed by atoms with Crippen LogP contribution in [0.5, 0.6) is 0 Å². The standard InChI is InChI=1S/C18H20N2/c1-13-4-8-17(9-5-13)14(2)20-15(3)18-10-6-16(12-19)7-11-18/h4-11,14-15,20H,1-3H3. The molecule has 0 radical (unpaired) electrons. The molecule has 2 heteroatoms. The Morgan fingerprint density at radius 1 is 0.850 bits per heavy atom. The molecule has 0 saturated carbocycles. The summed E-state index contributed by atoms with van der Waals surface area (Å²) in [7, 11) is 0. The molecule has 1 N–H and O–H groups in total. The van der Waals surface area contributed by atoms with Crippen LogP contribution in [0.15, 0.2) is 48.5 Å². The summed E-state index contributed by atoms with van der Waals surface area (Å²) >= 11 is 0. The molecule has 0 aromatic heterocycles. The van der Waals surface area contributed by atoms with Crippen LogP contribution in [-0.4, -0.2) is 0 Å². The van der Waals surface area contributed by atoms with Gasteiger partial charge in [-0.1, -0.05) is 42.0 Å². The van der Waals surface area contributed by atoms with Gasteiger partial charge in [0.05, 0.1) is 11.6 Å². The van der Waals surface area contributed by atoms with E-state index in [-0.39, 0.29) is 6.04 Å². The molecule has 2 unspecified atom stereocenters. The first-order chi connectivity index (χ1) is 9.60. The van der Waals surface area contributed by atoms with Crippen LogP contribution in [0.25, 0.3) is 0 Å². The molecule has 0 aliphatic rings. The van der Waals surface area contributed by atoms with Gasteiger partial charge in [-0.15, -0.1) is 0 Å². The van der Waals surface area contributed by atoms with Crippen LogP contribution in [-0.2, 0) is 0 Å². The number of hydrogen-bond donors (Lipinski definition) is 1. The Morgan fingerprint density at radius 3 is 1.75 bits per heavy atom. The van der Waals surface area contributed by atoms with E-state index in [4.69, 9.17) is 5.26 Å². The Balaban J connectivity index is 2.04. The number of nitriles is 1. The first-order valence-electron chi connectivity index (χ1n) is 6.93. The summed E-state index contributed by atoms with van der Waals surface area (Å²) < 4.78 is 0. The monoisotopic (exact) mass is 264 g/mol. The first kappa shape index (κ1) is 14.3. The maximum Gasteiger partial charge on any atom is 0.0991 e. The van der Waals surface area contributed by atoms with Gasteiger partial charge in [-0.05, 0) is 44.0 Å². The lowest BCUT2D eigenvalue weighted by Crippen LogP contribution is -2.22. The van der Waals surface area contributed by atoms with Gasteiger partial charge in [-0.25, -0.2) is 0 Å². The molecule has 2 atom stereocenters. The lowest BCUT2D eigenvalue weighted by atomic mass is 10.0. The molecule has 0 amide bonds. The summed E-state index contributed by atoms with van der Waals surface area (Å²) in [6.07, 6.45) is 0. The van der Waals surface area contributed by atoms with Gasteiger partial charge in [0.15, 0.2) is 0 Å². The molecule has 0 fully saturated rings. The third kappa shape index (κ3) is 3.46. The van der Waals surface area contributed by atoms with E-state index in [0.717, 1.165) is 0 Å². The highest BCUT2D eigenvalue weighted by molar-refractivity contribution is 5.33. The van der Waals surface area contributed by atoms with Gasteiger partial charge in [0, 0.05) is 12.1 Å². The van der Waals surface area contributed by atoms with Crippen LogP contribution in [0.4, 0.5) is 0 Å². The highest BCUT2D eigenvalue weighted by atomic mass is 14.9. The van der Waals surface area contributed by atoms with E-state index in [1.807, 2.05) is 24.3 Å². The zero-order valence-corrected chi connectivity index (χ0v) is 12.2. The van der Waals surface area contributed by atoms with E-state index in [0.29, 0.717) is 11.6 Å². The molecule has 0 bridgehead atoms. The average Bonchev–Trinajstić information content (AvgIpc) is 2.48. The Labute approximate surface area is 121 Å². The number of aryl methyl sites for hydroxylation is 1.